The summed E-state index contributed by atoms with van der Waals surface area (Å²) in [4.78, 5) is 0. The van der Waals surface area contributed by atoms with Gasteiger partial charge in [-0.2, -0.15) is 13.5 Å². The molecule has 0 saturated carbocycles. The van der Waals surface area contributed by atoms with Gasteiger partial charge in [-0.3, -0.25) is 0 Å². The highest BCUT2D eigenvalue weighted by Gasteiger charge is 2.07. The molecule has 0 fully saturated rings. The molecule has 0 spiro atoms. The van der Waals surface area contributed by atoms with Gasteiger partial charge in [-0.15, -0.1) is 0 Å². The molecule has 1 aliphatic heterocycles. The van der Waals surface area contributed by atoms with Crippen molar-refractivity contribution in [3.8, 4) is 0 Å². The van der Waals surface area contributed by atoms with Crippen molar-refractivity contribution in [1.82, 2.24) is 0 Å². The van der Waals surface area contributed by atoms with Crippen LogP contribution >= 0.6 is 54.5 Å². The number of hydrogen-bond acceptors (Lipinski definition) is 3. The van der Waals surface area contributed by atoms with E-state index < -0.39 is 4.20 Å². The Morgan fingerprint density at radius 2 is 2.25 bits per heavy atom. The zero-order chi connectivity index (χ0) is 6.04. The second kappa shape index (κ2) is 3.03. The average molecular weight is 297 g/mol. The van der Waals surface area contributed by atoms with Crippen LogP contribution in [0, 0.1) is 0 Å². The fourth-order valence-electron chi connectivity index (χ4n) is 0.168. The van der Waals surface area contributed by atoms with E-state index in [1.54, 1.807) is 0 Å². The van der Waals surface area contributed by atoms with Gasteiger partial charge in [0.15, 0.2) is 17.0 Å². The van der Waals surface area contributed by atoms with Gasteiger partial charge in [0.05, 0.1) is 0 Å². The van der Waals surface area contributed by atoms with E-state index in [9.17, 15) is 0 Å². The Hall–Kier alpha value is 1.45. The van der Waals surface area contributed by atoms with Crippen molar-refractivity contribution in [2.75, 3.05) is 0 Å². The Morgan fingerprint density at radius 3 is 2.50 bits per heavy atom. The minimum Gasteiger partial charge on any atom is -0.180 e. The molecule has 0 radical (unpaired) electrons. The van der Waals surface area contributed by atoms with Gasteiger partial charge < -0.3 is 0 Å². The van der Waals surface area contributed by atoms with Crippen molar-refractivity contribution in [3.63, 3.8) is 0 Å². The number of hydrogen-bond donors (Lipinski definition) is 0. The Labute approximate surface area is 67.9 Å². The lowest BCUT2D eigenvalue weighted by Crippen LogP contribution is -1.42. The molecule has 1 heterocycles. The quantitative estimate of drug-likeness (QED) is 0.459. The molecule has 0 aromatic heterocycles. The highest BCUT2D eigenvalue weighted by atomic mass is 127. The predicted octanol–water partition coefficient (Wildman–Crippen LogP) is 4.71. The molecule has 1 rings (SSSR count). The first-order chi connectivity index (χ1) is 3.71. The van der Waals surface area contributed by atoms with Crippen molar-refractivity contribution in [3.05, 3.63) is 0 Å². The van der Waals surface area contributed by atoms with Gasteiger partial charge in [0.2, 0.25) is 4.20 Å². The molecule has 0 bridgehead atoms. The molecule has 1 unspecified atom stereocenters. The van der Waals surface area contributed by atoms with E-state index in [1.807, 2.05) is 0 Å². The molecule has 1 aliphatic rings. The maximum atomic E-state index is 5.76. The molecule has 1 atom stereocenters. The summed E-state index contributed by atoms with van der Waals surface area (Å²) >= 11 is 7.82. The van der Waals surface area contributed by atoms with Crippen LogP contribution in [0.5, 0.6) is 0 Å². The molecule has 0 saturated heterocycles. The summed E-state index contributed by atoms with van der Waals surface area (Å²) < 4.78 is 9.97. The SMILES string of the molecule is ClP1(I)=NP=NP=N1. The van der Waals surface area contributed by atoms with Crippen LogP contribution in [0.3, 0.4) is 0 Å². The maximum absolute atomic E-state index is 5.76. The highest BCUT2D eigenvalue weighted by Crippen LogP contribution is 2.69. The second-order valence-electron chi connectivity index (χ2n) is 0.903. The molecule has 44 valence electrons. The van der Waals surface area contributed by atoms with Gasteiger partial charge in [-0.25, -0.2) is 0 Å². The summed E-state index contributed by atoms with van der Waals surface area (Å²) in [6.07, 6.45) is 0. The number of rotatable bonds is 0. The lowest BCUT2D eigenvalue weighted by molar-refractivity contribution is 1.84. The first-order valence-electron chi connectivity index (χ1n) is 1.54. The highest BCUT2D eigenvalue weighted by molar-refractivity contribution is 14.2. The molecule has 3 nitrogen and oxygen atoms in total. The molecule has 8 heteroatoms. The molecular weight excluding hydrogens is 297 g/mol. The van der Waals surface area contributed by atoms with E-state index in [4.69, 9.17) is 11.2 Å². The van der Waals surface area contributed by atoms with Gasteiger partial charge >= 0.3 is 0 Å². The topological polar surface area (TPSA) is 37.1 Å². The molecule has 0 aliphatic carbocycles. The maximum Gasteiger partial charge on any atom is 0.232 e. The summed E-state index contributed by atoms with van der Waals surface area (Å²) in [6, 6.07) is 0. The smallest absolute Gasteiger partial charge is 0.180 e. The van der Waals surface area contributed by atoms with Crippen LogP contribution in [0.15, 0.2) is 13.5 Å². The van der Waals surface area contributed by atoms with Gasteiger partial charge in [0.1, 0.15) is 0 Å². The molecule has 0 N–H and O–H groups in total. The Balaban J connectivity index is 3.00. The Kier molecular flexibility index (Phi) is 2.86. The molecule has 0 aromatic rings. The number of halogens is 2. The Morgan fingerprint density at radius 1 is 1.50 bits per heavy atom. The van der Waals surface area contributed by atoms with Crippen molar-refractivity contribution < 1.29 is 0 Å². The van der Waals surface area contributed by atoms with E-state index in [-0.39, 0.29) is 0 Å². The van der Waals surface area contributed by atoms with E-state index >= 15 is 0 Å². The summed E-state index contributed by atoms with van der Waals surface area (Å²) in [5, 5.41) is 0. The van der Waals surface area contributed by atoms with Crippen LogP contribution in [0.1, 0.15) is 0 Å². The van der Waals surface area contributed by atoms with Crippen LogP contribution in [-0.2, 0) is 0 Å². The standard InChI is InChI=1S/ClIN3P3/c1-8(2)4-6-3-7-5-8. The van der Waals surface area contributed by atoms with E-state index in [0.29, 0.717) is 0 Å². The monoisotopic (exact) mass is 297 g/mol. The minimum atomic E-state index is -1.76. The van der Waals surface area contributed by atoms with Crippen LogP contribution in [-0.4, -0.2) is 0 Å². The van der Waals surface area contributed by atoms with Crippen molar-refractivity contribution in [2.45, 2.75) is 0 Å². The minimum absolute atomic E-state index is 0.731. The fourth-order valence-corrected chi connectivity index (χ4v) is 4.57. The summed E-state index contributed by atoms with van der Waals surface area (Å²) in [5.74, 6) is 0. The lowest BCUT2D eigenvalue weighted by atomic mass is 13.8. The fraction of sp³-hybridized carbons (Fsp3) is 0. The van der Waals surface area contributed by atoms with Crippen molar-refractivity contribution in [1.29, 1.82) is 0 Å². The molecule has 0 aromatic carbocycles. The van der Waals surface area contributed by atoms with E-state index in [1.165, 1.54) is 0 Å². The summed E-state index contributed by atoms with van der Waals surface area (Å²) in [6.45, 7) is 0. The molecule has 0 amide bonds. The third kappa shape index (κ3) is 2.36. The van der Waals surface area contributed by atoms with Crippen molar-refractivity contribution >= 4 is 54.5 Å². The second-order valence-corrected chi connectivity index (χ2v) is 11.5. The van der Waals surface area contributed by atoms with Gasteiger partial charge in [-0.1, -0.05) is 0 Å². The summed E-state index contributed by atoms with van der Waals surface area (Å²) in [7, 11) is 1.46. The zero-order valence-electron chi connectivity index (χ0n) is 3.44. The third-order valence-corrected chi connectivity index (χ3v) is 8.07. The van der Waals surface area contributed by atoms with Crippen LogP contribution < -0.4 is 0 Å². The third-order valence-electron chi connectivity index (χ3n) is 0.375. The first-order valence-corrected chi connectivity index (χ1v) is 8.52. The normalized spacial score (nSPS) is 38.8. The largest absolute Gasteiger partial charge is 0.232 e. The van der Waals surface area contributed by atoms with Gasteiger partial charge in [0, 0.05) is 22.0 Å². The number of nitrogens with zero attached hydrogens (tertiary/aromatic N) is 3. The predicted molar refractivity (Wildman–Crippen MR) is 47.9 cm³/mol. The van der Waals surface area contributed by atoms with Crippen LogP contribution in [0.4, 0.5) is 0 Å². The van der Waals surface area contributed by atoms with E-state index in [0.717, 1.165) is 17.0 Å². The Bertz CT molecular complexity index is 189. The summed E-state index contributed by atoms with van der Waals surface area (Å²) in [5.41, 5.74) is 0. The van der Waals surface area contributed by atoms with Crippen LogP contribution in [0.2, 0.25) is 0 Å². The average Bonchev–Trinajstić information content (AvgIpc) is 1.65. The zero-order valence-corrected chi connectivity index (χ0v) is 9.04. The van der Waals surface area contributed by atoms with E-state index in [2.05, 4.69) is 35.6 Å². The van der Waals surface area contributed by atoms with Gasteiger partial charge in [-0.05, 0) is 11.2 Å². The van der Waals surface area contributed by atoms with Crippen LogP contribution in [0.25, 0.3) is 0 Å². The lowest BCUT2D eigenvalue weighted by Gasteiger charge is -1.97. The first kappa shape index (κ1) is 7.56. The van der Waals surface area contributed by atoms with Gasteiger partial charge in [0.25, 0.3) is 0 Å². The van der Waals surface area contributed by atoms with Crippen molar-refractivity contribution in [2.24, 2.45) is 13.5 Å². The molecular formula is ClIN3P3. The molecule has 8 heavy (non-hydrogen) atoms.